The molecule has 0 spiro atoms. The lowest BCUT2D eigenvalue weighted by Crippen LogP contribution is -2.56. The molecule has 28 heavy (non-hydrogen) atoms. The molecule has 1 aliphatic rings. The van der Waals surface area contributed by atoms with Gasteiger partial charge in [0.1, 0.15) is 5.75 Å². The van der Waals surface area contributed by atoms with E-state index in [1.165, 1.54) is 6.20 Å². The number of anilines is 1. The molecule has 0 saturated carbocycles. The summed E-state index contributed by atoms with van der Waals surface area (Å²) in [5, 5.41) is 3.02. The number of nitrogens with zero attached hydrogens (tertiary/aromatic N) is 3. The van der Waals surface area contributed by atoms with Gasteiger partial charge in [-0.3, -0.25) is 4.98 Å². The number of nitrogens with one attached hydrogen (secondary N) is 1. The van der Waals surface area contributed by atoms with E-state index in [1.807, 2.05) is 36.1 Å². The minimum absolute atomic E-state index is 0.156. The highest BCUT2D eigenvalue weighted by Gasteiger charge is 2.29. The van der Waals surface area contributed by atoms with E-state index in [4.69, 9.17) is 4.74 Å². The highest BCUT2D eigenvalue weighted by molar-refractivity contribution is 5.75. The van der Waals surface area contributed by atoms with Gasteiger partial charge in [-0.05, 0) is 30.7 Å². The molecule has 0 radical (unpaired) electrons. The molecular weight excluding hydrogens is 359 g/mol. The molecule has 1 aliphatic heterocycles. The molecule has 1 saturated heterocycles. The van der Waals surface area contributed by atoms with E-state index in [2.05, 4.69) is 16.9 Å². The van der Waals surface area contributed by atoms with Crippen molar-refractivity contribution in [3.63, 3.8) is 0 Å². The Kier molecular flexibility index (Phi) is 6.13. The molecule has 3 rings (SSSR count). The summed E-state index contributed by atoms with van der Waals surface area (Å²) >= 11 is 0. The topological polar surface area (TPSA) is 57.7 Å². The Labute approximate surface area is 164 Å². The van der Waals surface area contributed by atoms with Crippen molar-refractivity contribution in [2.75, 3.05) is 31.6 Å². The lowest BCUT2D eigenvalue weighted by Gasteiger charge is -2.41. The molecule has 0 bridgehead atoms. The SMILES string of the molecule is C=C[C@H]1CN(C(=O)N[C@H](C)c2cccc(OC)c2)CCN1c1ccncc1F. The molecule has 2 heterocycles. The fourth-order valence-corrected chi connectivity index (χ4v) is 3.37. The first-order chi connectivity index (χ1) is 13.5. The average molecular weight is 384 g/mol. The van der Waals surface area contributed by atoms with Gasteiger partial charge < -0.3 is 19.9 Å². The van der Waals surface area contributed by atoms with E-state index in [9.17, 15) is 9.18 Å². The maximum Gasteiger partial charge on any atom is 0.318 e. The number of aromatic nitrogens is 1. The van der Waals surface area contributed by atoms with Crippen LogP contribution in [0.15, 0.2) is 55.4 Å². The summed E-state index contributed by atoms with van der Waals surface area (Å²) in [6, 6.07) is 8.76. The first-order valence-corrected chi connectivity index (χ1v) is 9.21. The Bertz CT molecular complexity index is 845. The van der Waals surface area contributed by atoms with Gasteiger partial charge >= 0.3 is 6.03 Å². The highest BCUT2D eigenvalue weighted by atomic mass is 19.1. The number of urea groups is 1. The van der Waals surface area contributed by atoms with Gasteiger partial charge in [-0.1, -0.05) is 18.2 Å². The van der Waals surface area contributed by atoms with Crippen LogP contribution in [-0.4, -0.2) is 48.7 Å². The third kappa shape index (κ3) is 4.24. The van der Waals surface area contributed by atoms with Gasteiger partial charge in [0, 0.05) is 25.8 Å². The summed E-state index contributed by atoms with van der Waals surface area (Å²) in [4.78, 5) is 20.2. The first-order valence-electron chi connectivity index (χ1n) is 9.21. The zero-order chi connectivity index (χ0) is 20.1. The van der Waals surface area contributed by atoms with Gasteiger partial charge in [-0.2, -0.15) is 0 Å². The first kappa shape index (κ1) is 19.7. The van der Waals surface area contributed by atoms with E-state index < -0.39 is 0 Å². The summed E-state index contributed by atoms with van der Waals surface area (Å²) in [5.74, 6) is 0.372. The summed E-state index contributed by atoms with van der Waals surface area (Å²) < 4.78 is 19.4. The Hall–Kier alpha value is -3.09. The van der Waals surface area contributed by atoms with E-state index in [-0.39, 0.29) is 23.9 Å². The smallest absolute Gasteiger partial charge is 0.318 e. The van der Waals surface area contributed by atoms with Crippen LogP contribution in [0.2, 0.25) is 0 Å². The normalized spacial score (nSPS) is 17.8. The molecule has 2 amide bonds. The van der Waals surface area contributed by atoms with Crippen LogP contribution in [0.1, 0.15) is 18.5 Å². The predicted octanol–water partition coefficient (Wildman–Crippen LogP) is 3.38. The molecular formula is C21H25FN4O2. The number of rotatable bonds is 5. The molecule has 2 atom stereocenters. The number of hydrogen-bond acceptors (Lipinski definition) is 4. The monoisotopic (exact) mass is 384 g/mol. The standard InChI is InChI=1S/C21H25FN4O2/c1-4-17-14-25(10-11-26(17)20-8-9-23-13-19(20)22)21(27)24-15(2)16-6-5-7-18(12-16)28-3/h4-9,12-13,15,17H,1,10-11,14H2,2-3H3,(H,24,27)/t15-,17+/m1/s1. The van der Waals surface area contributed by atoms with Crippen molar-refractivity contribution in [1.29, 1.82) is 0 Å². The molecule has 1 aromatic carbocycles. The Balaban J connectivity index is 1.65. The largest absolute Gasteiger partial charge is 0.497 e. The number of carbonyl (C=O) groups is 1. The molecule has 0 aliphatic carbocycles. The Morgan fingerprint density at radius 2 is 2.25 bits per heavy atom. The molecule has 2 aromatic rings. The van der Waals surface area contributed by atoms with Crippen LogP contribution in [0.3, 0.4) is 0 Å². The number of benzene rings is 1. The van der Waals surface area contributed by atoms with Crippen LogP contribution in [0.25, 0.3) is 0 Å². The number of pyridine rings is 1. The summed E-state index contributed by atoms with van der Waals surface area (Å²) in [6.07, 6.45) is 4.50. The van der Waals surface area contributed by atoms with Crippen molar-refractivity contribution >= 4 is 11.7 Å². The number of amides is 2. The Morgan fingerprint density at radius 3 is 2.96 bits per heavy atom. The zero-order valence-electron chi connectivity index (χ0n) is 16.1. The van der Waals surface area contributed by atoms with Crippen LogP contribution >= 0.6 is 0 Å². The van der Waals surface area contributed by atoms with Crippen molar-refractivity contribution in [2.24, 2.45) is 0 Å². The number of carbonyl (C=O) groups excluding carboxylic acids is 1. The average Bonchev–Trinajstić information content (AvgIpc) is 2.73. The number of ether oxygens (including phenoxy) is 1. The van der Waals surface area contributed by atoms with E-state index >= 15 is 0 Å². The van der Waals surface area contributed by atoms with Crippen LogP contribution in [0.5, 0.6) is 5.75 Å². The summed E-state index contributed by atoms with van der Waals surface area (Å²) in [6.45, 7) is 7.22. The predicted molar refractivity (Wildman–Crippen MR) is 107 cm³/mol. The third-order valence-electron chi connectivity index (χ3n) is 4.97. The van der Waals surface area contributed by atoms with Crippen LogP contribution < -0.4 is 15.0 Å². The zero-order valence-corrected chi connectivity index (χ0v) is 16.1. The van der Waals surface area contributed by atoms with Crippen LogP contribution in [0, 0.1) is 5.82 Å². The van der Waals surface area contributed by atoms with Crippen molar-refractivity contribution in [3.05, 3.63) is 66.8 Å². The number of halogens is 1. The summed E-state index contributed by atoms with van der Waals surface area (Å²) in [7, 11) is 1.61. The fourth-order valence-electron chi connectivity index (χ4n) is 3.37. The van der Waals surface area contributed by atoms with Gasteiger partial charge in [0.2, 0.25) is 0 Å². The Morgan fingerprint density at radius 1 is 1.43 bits per heavy atom. The maximum absolute atomic E-state index is 14.1. The van der Waals surface area contributed by atoms with Crippen molar-refractivity contribution in [3.8, 4) is 5.75 Å². The highest BCUT2D eigenvalue weighted by Crippen LogP contribution is 2.24. The van der Waals surface area contributed by atoms with E-state index in [1.54, 1.807) is 30.3 Å². The van der Waals surface area contributed by atoms with Gasteiger partial charge in [0.25, 0.3) is 0 Å². The number of methoxy groups -OCH3 is 1. The minimum Gasteiger partial charge on any atom is -0.497 e. The van der Waals surface area contributed by atoms with E-state index in [0.717, 1.165) is 11.3 Å². The molecule has 7 heteroatoms. The van der Waals surface area contributed by atoms with Crippen molar-refractivity contribution in [1.82, 2.24) is 15.2 Å². The lowest BCUT2D eigenvalue weighted by atomic mass is 10.1. The van der Waals surface area contributed by atoms with Crippen LogP contribution in [-0.2, 0) is 0 Å². The number of hydrogen-bond donors (Lipinski definition) is 1. The third-order valence-corrected chi connectivity index (χ3v) is 4.97. The van der Waals surface area contributed by atoms with Gasteiger partial charge in [-0.15, -0.1) is 6.58 Å². The molecule has 148 valence electrons. The lowest BCUT2D eigenvalue weighted by molar-refractivity contribution is 0.186. The fraction of sp³-hybridized carbons (Fsp3) is 0.333. The second-order valence-electron chi connectivity index (χ2n) is 6.72. The second kappa shape index (κ2) is 8.73. The van der Waals surface area contributed by atoms with Crippen molar-refractivity contribution < 1.29 is 13.9 Å². The number of piperazine rings is 1. The molecule has 1 fully saturated rings. The van der Waals surface area contributed by atoms with Gasteiger partial charge in [0.15, 0.2) is 5.82 Å². The maximum atomic E-state index is 14.1. The molecule has 1 N–H and O–H groups in total. The van der Waals surface area contributed by atoms with E-state index in [0.29, 0.717) is 25.3 Å². The quantitative estimate of drug-likeness (QED) is 0.803. The molecule has 0 unspecified atom stereocenters. The van der Waals surface area contributed by atoms with Crippen LogP contribution in [0.4, 0.5) is 14.9 Å². The van der Waals surface area contributed by atoms with Gasteiger partial charge in [0.05, 0.1) is 31.1 Å². The molecule has 6 nitrogen and oxygen atoms in total. The minimum atomic E-state index is -0.376. The van der Waals surface area contributed by atoms with Crippen molar-refractivity contribution in [2.45, 2.75) is 19.0 Å². The second-order valence-corrected chi connectivity index (χ2v) is 6.72. The molecule has 1 aromatic heterocycles. The summed E-state index contributed by atoms with van der Waals surface area (Å²) in [5.41, 5.74) is 1.44. The van der Waals surface area contributed by atoms with Gasteiger partial charge in [-0.25, -0.2) is 9.18 Å².